The van der Waals surface area contributed by atoms with Crippen molar-refractivity contribution < 1.29 is 19.0 Å². The monoisotopic (exact) mass is 470 g/mol. The molecule has 0 radical (unpaired) electrons. The highest BCUT2D eigenvalue weighted by Crippen LogP contribution is 2.42. The average molecular weight is 471 g/mol. The Morgan fingerprint density at radius 2 is 1.74 bits per heavy atom. The van der Waals surface area contributed by atoms with Gasteiger partial charge in [-0.15, -0.1) is 0 Å². The summed E-state index contributed by atoms with van der Waals surface area (Å²) < 4.78 is 20.2. The number of hydrogen-bond acceptors (Lipinski definition) is 5. The van der Waals surface area contributed by atoms with E-state index in [0.29, 0.717) is 60.9 Å². The van der Waals surface area contributed by atoms with Gasteiger partial charge in [-0.2, -0.15) is 0 Å². The Morgan fingerprint density at radius 3 is 2.49 bits per heavy atom. The standard InChI is InChI=1S/C29H27FN2O3/c1-20-18-25(33)22(19-31-14-16-32(17-15-31)24-12-6-5-11-23(24)30)29-27(20)28(34)26(35-29)13-7-10-21-8-3-2-4-9-21/h2-13,18,33H,14-17,19H2,1H3/b10-7+,26-13-. The Hall–Kier alpha value is -3.90. The lowest BCUT2D eigenvalue weighted by molar-refractivity contribution is 0.101. The smallest absolute Gasteiger partial charge is 0.232 e. The lowest BCUT2D eigenvalue weighted by Crippen LogP contribution is -2.46. The van der Waals surface area contributed by atoms with Gasteiger partial charge in [0, 0.05) is 32.7 Å². The van der Waals surface area contributed by atoms with Crippen LogP contribution in [0.15, 0.2) is 78.6 Å². The van der Waals surface area contributed by atoms with Crippen LogP contribution in [0.25, 0.3) is 6.08 Å². The molecule has 35 heavy (non-hydrogen) atoms. The number of hydrogen-bond donors (Lipinski definition) is 1. The molecule has 6 heteroatoms. The van der Waals surface area contributed by atoms with Gasteiger partial charge in [-0.05, 0) is 42.3 Å². The molecule has 0 aromatic heterocycles. The molecule has 2 aliphatic rings. The third-order valence-electron chi connectivity index (χ3n) is 6.50. The van der Waals surface area contributed by atoms with Gasteiger partial charge in [-0.3, -0.25) is 9.69 Å². The molecular formula is C29H27FN2O3. The Kier molecular flexibility index (Phi) is 6.38. The minimum Gasteiger partial charge on any atom is -0.507 e. The van der Waals surface area contributed by atoms with Gasteiger partial charge >= 0.3 is 0 Å². The number of ether oxygens (including phenoxy) is 1. The number of Topliss-reactive ketones (excluding diaryl/α,β-unsaturated/α-hetero) is 1. The van der Waals surface area contributed by atoms with Crippen molar-refractivity contribution in [2.75, 3.05) is 31.1 Å². The first kappa shape index (κ1) is 22.9. The molecular weight excluding hydrogens is 443 g/mol. The SMILES string of the molecule is Cc1cc(O)c(CN2CCN(c3ccccc3F)CC2)c2c1C(=O)/C(=C/C=C/c1ccccc1)O2. The molecule has 178 valence electrons. The predicted molar refractivity (Wildman–Crippen MR) is 135 cm³/mol. The number of phenolic OH excluding ortho intramolecular Hbond substituents is 1. The molecule has 3 aromatic rings. The average Bonchev–Trinajstić information content (AvgIpc) is 3.19. The van der Waals surface area contributed by atoms with Crippen molar-refractivity contribution in [2.24, 2.45) is 0 Å². The number of ketones is 1. The van der Waals surface area contributed by atoms with Crippen molar-refractivity contribution in [1.29, 1.82) is 0 Å². The van der Waals surface area contributed by atoms with E-state index in [9.17, 15) is 14.3 Å². The Labute approximate surface area is 204 Å². The molecule has 0 saturated carbocycles. The molecule has 5 rings (SSSR count). The number of fused-ring (bicyclic) bond motifs is 1. The molecule has 2 heterocycles. The van der Waals surface area contributed by atoms with Gasteiger partial charge in [-0.1, -0.05) is 54.6 Å². The normalized spacial score (nSPS) is 17.3. The first-order chi connectivity index (χ1) is 17.0. The molecule has 0 unspecified atom stereocenters. The zero-order valence-corrected chi connectivity index (χ0v) is 19.6. The number of anilines is 1. The third kappa shape index (κ3) is 4.70. The van der Waals surface area contributed by atoms with Crippen LogP contribution in [-0.2, 0) is 6.54 Å². The summed E-state index contributed by atoms with van der Waals surface area (Å²) in [6.07, 6.45) is 5.38. The van der Waals surface area contributed by atoms with E-state index in [4.69, 9.17) is 4.74 Å². The first-order valence-electron chi connectivity index (χ1n) is 11.7. The second-order valence-electron chi connectivity index (χ2n) is 8.84. The first-order valence-corrected chi connectivity index (χ1v) is 11.7. The topological polar surface area (TPSA) is 53.0 Å². The molecule has 3 aromatic carbocycles. The van der Waals surface area contributed by atoms with E-state index in [2.05, 4.69) is 4.90 Å². The molecule has 2 aliphatic heterocycles. The van der Waals surface area contributed by atoms with E-state index in [0.717, 1.165) is 5.56 Å². The van der Waals surface area contributed by atoms with Gasteiger partial charge in [0.15, 0.2) is 5.76 Å². The number of halogens is 1. The van der Waals surface area contributed by atoms with E-state index in [1.165, 1.54) is 6.07 Å². The highest BCUT2D eigenvalue weighted by Gasteiger charge is 2.33. The summed E-state index contributed by atoms with van der Waals surface area (Å²) in [6.45, 7) is 5.00. The summed E-state index contributed by atoms with van der Waals surface area (Å²) >= 11 is 0. The van der Waals surface area contributed by atoms with Crippen LogP contribution in [0, 0.1) is 12.7 Å². The van der Waals surface area contributed by atoms with Crippen molar-refractivity contribution in [2.45, 2.75) is 13.5 Å². The quantitative estimate of drug-likeness (QED) is 0.511. The van der Waals surface area contributed by atoms with Gasteiger partial charge in [0.05, 0.1) is 16.8 Å². The molecule has 5 nitrogen and oxygen atoms in total. The highest BCUT2D eigenvalue weighted by molar-refractivity contribution is 6.14. The molecule has 0 amide bonds. The fraction of sp³-hybridized carbons (Fsp3) is 0.207. The van der Waals surface area contributed by atoms with E-state index in [1.807, 2.05) is 47.4 Å². The van der Waals surface area contributed by atoms with E-state index in [1.54, 1.807) is 37.3 Å². The number of piperazine rings is 1. The van der Waals surface area contributed by atoms with Gasteiger partial charge in [0.2, 0.25) is 5.78 Å². The summed E-state index contributed by atoms with van der Waals surface area (Å²) in [4.78, 5) is 17.3. The second-order valence-corrected chi connectivity index (χ2v) is 8.84. The van der Waals surface area contributed by atoms with Crippen LogP contribution < -0.4 is 9.64 Å². The number of nitrogens with zero attached hydrogens (tertiary/aromatic N) is 2. The molecule has 0 bridgehead atoms. The molecule has 0 aliphatic carbocycles. The third-order valence-corrected chi connectivity index (χ3v) is 6.50. The van der Waals surface area contributed by atoms with Crippen LogP contribution in [0.4, 0.5) is 10.1 Å². The van der Waals surface area contributed by atoms with Gasteiger partial charge in [0.25, 0.3) is 0 Å². The Balaban J connectivity index is 1.33. The molecule has 0 atom stereocenters. The number of benzene rings is 3. The zero-order chi connectivity index (χ0) is 24.4. The van der Waals surface area contributed by atoms with Crippen LogP contribution in [0.1, 0.15) is 27.0 Å². The lowest BCUT2D eigenvalue weighted by atomic mass is 9.99. The van der Waals surface area contributed by atoms with E-state index >= 15 is 0 Å². The van der Waals surface area contributed by atoms with E-state index < -0.39 is 0 Å². The number of phenols is 1. The fourth-order valence-electron chi connectivity index (χ4n) is 4.64. The zero-order valence-electron chi connectivity index (χ0n) is 19.6. The minimum absolute atomic E-state index is 0.117. The second kappa shape index (κ2) is 9.76. The Morgan fingerprint density at radius 1 is 1.03 bits per heavy atom. The minimum atomic E-state index is -0.220. The maximum Gasteiger partial charge on any atom is 0.232 e. The highest BCUT2D eigenvalue weighted by atomic mass is 19.1. The number of para-hydroxylation sites is 1. The summed E-state index contributed by atoms with van der Waals surface area (Å²) in [5, 5.41) is 10.7. The van der Waals surface area contributed by atoms with Crippen molar-refractivity contribution in [3.05, 3.63) is 107 Å². The van der Waals surface area contributed by atoms with Crippen LogP contribution in [-0.4, -0.2) is 42.0 Å². The molecule has 1 fully saturated rings. The largest absolute Gasteiger partial charge is 0.507 e. The van der Waals surface area contributed by atoms with Gasteiger partial charge in [-0.25, -0.2) is 4.39 Å². The molecule has 0 spiro atoms. The lowest BCUT2D eigenvalue weighted by Gasteiger charge is -2.36. The summed E-state index contributed by atoms with van der Waals surface area (Å²) in [5.74, 6) is 0.393. The van der Waals surface area contributed by atoms with Gasteiger partial charge < -0.3 is 14.7 Å². The molecule has 1 N–H and O–H groups in total. The van der Waals surface area contributed by atoms with Gasteiger partial charge in [0.1, 0.15) is 17.3 Å². The van der Waals surface area contributed by atoms with Crippen molar-refractivity contribution in [3.8, 4) is 11.5 Å². The summed E-state index contributed by atoms with van der Waals surface area (Å²) in [5.41, 5.74) is 3.43. The number of carbonyl (C=O) groups is 1. The number of rotatable bonds is 5. The van der Waals surface area contributed by atoms with Crippen molar-refractivity contribution in [1.82, 2.24) is 4.90 Å². The predicted octanol–water partition coefficient (Wildman–Crippen LogP) is 5.33. The summed E-state index contributed by atoms with van der Waals surface area (Å²) in [7, 11) is 0. The van der Waals surface area contributed by atoms with Crippen LogP contribution >= 0.6 is 0 Å². The number of aryl methyl sites for hydroxylation is 1. The van der Waals surface area contributed by atoms with Crippen molar-refractivity contribution in [3.63, 3.8) is 0 Å². The maximum absolute atomic E-state index is 14.2. The van der Waals surface area contributed by atoms with Crippen LogP contribution in [0.5, 0.6) is 11.5 Å². The molecule has 1 saturated heterocycles. The van der Waals surface area contributed by atoms with Crippen molar-refractivity contribution >= 4 is 17.5 Å². The maximum atomic E-state index is 14.2. The summed E-state index contributed by atoms with van der Waals surface area (Å²) in [6, 6.07) is 18.3. The Bertz CT molecular complexity index is 1310. The number of allylic oxidation sites excluding steroid dienone is 3. The number of carbonyl (C=O) groups excluding carboxylic acids is 1. The van der Waals surface area contributed by atoms with Crippen LogP contribution in [0.2, 0.25) is 0 Å². The fourth-order valence-corrected chi connectivity index (χ4v) is 4.64. The van der Waals surface area contributed by atoms with E-state index in [-0.39, 0.29) is 23.1 Å². The number of aromatic hydroxyl groups is 1. The van der Waals surface area contributed by atoms with Crippen LogP contribution in [0.3, 0.4) is 0 Å².